The number of rotatable bonds is 2. The van der Waals surface area contributed by atoms with Gasteiger partial charge in [-0.1, -0.05) is 0 Å². The second-order valence-corrected chi connectivity index (χ2v) is 9.33. The predicted molar refractivity (Wildman–Crippen MR) is 60.0 cm³/mol. The average molecular weight is 263 g/mol. The van der Waals surface area contributed by atoms with Gasteiger partial charge in [-0.25, -0.2) is 0 Å². The molecule has 14 heavy (non-hydrogen) atoms. The monoisotopic (exact) mass is 262 g/mol. The van der Waals surface area contributed by atoms with Crippen LogP contribution in [-0.4, -0.2) is 4.21 Å². The Labute approximate surface area is 93.9 Å². The first-order chi connectivity index (χ1) is 6.70. The van der Waals surface area contributed by atoms with Gasteiger partial charge in [-0.05, 0) is 0 Å². The molecule has 2 rings (SSSR count). The van der Waals surface area contributed by atoms with Gasteiger partial charge in [0.05, 0.1) is 0 Å². The number of allylic oxidation sites excluding steroid dienone is 8. The van der Waals surface area contributed by atoms with Gasteiger partial charge in [-0.2, -0.15) is 0 Å². The molecule has 0 heterocycles. The van der Waals surface area contributed by atoms with E-state index in [-0.39, 0.29) is 0 Å². The van der Waals surface area contributed by atoms with E-state index in [1.807, 2.05) is 0 Å². The quantitative estimate of drug-likeness (QED) is 0.715. The van der Waals surface area contributed by atoms with Crippen molar-refractivity contribution in [2.24, 2.45) is 0 Å². The van der Waals surface area contributed by atoms with E-state index >= 15 is 0 Å². The van der Waals surface area contributed by atoms with Crippen molar-refractivity contribution in [2.45, 2.75) is 26.7 Å². The van der Waals surface area contributed by atoms with Gasteiger partial charge in [0, 0.05) is 0 Å². The molecule has 0 aromatic heterocycles. The van der Waals surface area contributed by atoms with Crippen molar-refractivity contribution in [3.63, 3.8) is 0 Å². The van der Waals surface area contributed by atoms with E-state index in [4.69, 9.17) is 0 Å². The van der Waals surface area contributed by atoms with Crippen LogP contribution in [0, 0.1) is 0 Å². The summed E-state index contributed by atoms with van der Waals surface area (Å²) in [7, 11) is 0. The Morgan fingerprint density at radius 3 is 1.71 bits per heavy atom. The van der Waals surface area contributed by atoms with Gasteiger partial charge >= 0.3 is 94.2 Å². The Bertz CT molecular complexity index is 365. The van der Waals surface area contributed by atoms with Crippen molar-refractivity contribution >= 4 is 4.21 Å². The molecule has 0 bridgehead atoms. The third-order valence-corrected chi connectivity index (χ3v) is 9.58. The summed E-state index contributed by atoms with van der Waals surface area (Å²) in [6, 6.07) is 0. The minimum atomic E-state index is -1.63. The van der Waals surface area contributed by atoms with Crippen LogP contribution in [0.1, 0.15) is 26.7 Å². The molecule has 0 atom stereocenters. The maximum absolute atomic E-state index is 4.50. The second-order valence-electron chi connectivity index (χ2n) is 4.01. The molecule has 0 fully saturated rings. The van der Waals surface area contributed by atoms with Gasteiger partial charge < -0.3 is 0 Å². The third-order valence-electron chi connectivity index (χ3n) is 3.06. The zero-order chi connectivity index (χ0) is 10.1. The van der Waals surface area contributed by atoms with Crippen molar-refractivity contribution in [2.75, 3.05) is 0 Å². The normalized spacial score (nSPS) is 20.1. The molecule has 1 heteroatoms. The zero-order valence-electron chi connectivity index (χ0n) is 8.93. The summed E-state index contributed by atoms with van der Waals surface area (Å²) in [5.74, 6) is 0. The van der Waals surface area contributed by atoms with Crippen LogP contribution in [-0.2, 0) is 21.3 Å². The Balaban J connectivity index is 2.27. The Hall–Kier alpha value is -0.287. The molecule has 0 aliphatic heterocycles. The van der Waals surface area contributed by atoms with Gasteiger partial charge in [0.1, 0.15) is 0 Å². The van der Waals surface area contributed by atoms with Crippen LogP contribution < -0.4 is 0 Å². The SMILES string of the molecule is [CH2]=[Zr]([C]1=C(C)C=CC1)[C]1=C(C)C=CC1. The first kappa shape index (κ1) is 10.2. The maximum atomic E-state index is 4.50. The molecular formula is C13H16Zr. The summed E-state index contributed by atoms with van der Waals surface area (Å²) in [5.41, 5.74) is 3.00. The molecule has 2 aliphatic carbocycles. The van der Waals surface area contributed by atoms with Crippen LogP contribution in [0.3, 0.4) is 0 Å². The zero-order valence-corrected chi connectivity index (χ0v) is 11.4. The van der Waals surface area contributed by atoms with Crippen LogP contribution in [0.15, 0.2) is 42.0 Å². The molecule has 0 N–H and O–H groups in total. The topological polar surface area (TPSA) is 0 Å². The minimum absolute atomic E-state index is 1.18. The van der Waals surface area contributed by atoms with Crippen molar-refractivity contribution in [3.8, 4) is 0 Å². The first-order valence-corrected chi connectivity index (χ1v) is 9.32. The van der Waals surface area contributed by atoms with Gasteiger partial charge in [0.2, 0.25) is 0 Å². The Morgan fingerprint density at radius 1 is 1.00 bits per heavy atom. The molecule has 0 spiro atoms. The molecule has 0 aromatic rings. The fraction of sp³-hybridized carbons (Fsp3) is 0.308. The standard InChI is InChI=1S/2C6H7.CH2.Zr/c2*1-6-4-2-3-5-6;;/h2*2,4H,3H2,1H3;1H2;. The second kappa shape index (κ2) is 4.07. The fourth-order valence-electron chi connectivity index (χ4n) is 2.13. The molecule has 2 aliphatic rings. The summed E-state index contributed by atoms with van der Waals surface area (Å²) < 4.78 is 7.90. The fourth-order valence-corrected chi connectivity index (χ4v) is 7.57. The molecule has 0 aromatic carbocycles. The number of hydrogen-bond acceptors (Lipinski definition) is 0. The molecular weight excluding hydrogens is 247 g/mol. The van der Waals surface area contributed by atoms with E-state index in [9.17, 15) is 0 Å². The Morgan fingerprint density at radius 2 is 1.43 bits per heavy atom. The third kappa shape index (κ3) is 1.75. The van der Waals surface area contributed by atoms with E-state index in [1.165, 1.54) is 24.0 Å². The van der Waals surface area contributed by atoms with Crippen LogP contribution in [0.5, 0.6) is 0 Å². The molecule has 0 saturated heterocycles. The van der Waals surface area contributed by atoms with Crippen LogP contribution in [0.2, 0.25) is 0 Å². The van der Waals surface area contributed by atoms with Crippen LogP contribution in [0.25, 0.3) is 0 Å². The molecule has 0 saturated carbocycles. The molecule has 0 radical (unpaired) electrons. The van der Waals surface area contributed by atoms with E-state index < -0.39 is 21.3 Å². The van der Waals surface area contributed by atoms with E-state index in [0.717, 1.165) is 0 Å². The van der Waals surface area contributed by atoms with Crippen molar-refractivity contribution in [3.05, 3.63) is 42.0 Å². The van der Waals surface area contributed by atoms with Gasteiger partial charge in [-0.3, -0.25) is 0 Å². The summed E-state index contributed by atoms with van der Waals surface area (Å²) >= 11 is -1.63. The van der Waals surface area contributed by atoms with Crippen molar-refractivity contribution in [1.29, 1.82) is 0 Å². The van der Waals surface area contributed by atoms with Gasteiger partial charge in [-0.15, -0.1) is 0 Å². The van der Waals surface area contributed by atoms with Crippen LogP contribution >= 0.6 is 0 Å². The summed E-state index contributed by atoms with van der Waals surface area (Å²) in [6.07, 6.45) is 11.5. The Kier molecular flexibility index (Phi) is 2.97. The van der Waals surface area contributed by atoms with Crippen molar-refractivity contribution < 1.29 is 21.3 Å². The molecule has 0 amide bonds. The van der Waals surface area contributed by atoms with Crippen LogP contribution in [0.4, 0.5) is 0 Å². The first-order valence-electron chi connectivity index (χ1n) is 5.12. The predicted octanol–water partition coefficient (Wildman–Crippen LogP) is 3.50. The van der Waals surface area contributed by atoms with Crippen molar-refractivity contribution in [1.82, 2.24) is 0 Å². The molecule has 72 valence electrons. The number of hydrogen-bond donors (Lipinski definition) is 0. The van der Waals surface area contributed by atoms with E-state index in [0.29, 0.717) is 0 Å². The molecule has 0 nitrogen and oxygen atoms in total. The average Bonchev–Trinajstić information content (AvgIpc) is 2.73. The summed E-state index contributed by atoms with van der Waals surface area (Å²) in [5, 5.41) is 0. The molecule has 0 unspecified atom stereocenters. The summed E-state index contributed by atoms with van der Waals surface area (Å²) in [6.45, 7) is 4.48. The van der Waals surface area contributed by atoms with Gasteiger partial charge in [0.15, 0.2) is 0 Å². The van der Waals surface area contributed by atoms with Gasteiger partial charge in [0.25, 0.3) is 0 Å². The van der Waals surface area contributed by atoms with E-state index in [1.54, 1.807) is 6.56 Å². The van der Waals surface area contributed by atoms with E-state index in [2.05, 4.69) is 42.4 Å². The summed E-state index contributed by atoms with van der Waals surface area (Å²) in [4.78, 5) is 0.